The molecule has 2 saturated heterocycles. The van der Waals surface area contributed by atoms with Crippen molar-refractivity contribution in [1.29, 1.82) is 0 Å². The van der Waals surface area contributed by atoms with Crippen LogP contribution in [-0.2, 0) is 0 Å². The molecule has 3 heterocycles. The van der Waals surface area contributed by atoms with E-state index in [2.05, 4.69) is 15.2 Å². The van der Waals surface area contributed by atoms with Crippen LogP contribution in [0.25, 0.3) is 0 Å². The van der Waals surface area contributed by atoms with E-state index in [0.717, 1.165) is 38.5 Å². The highest BCUT2D eigenvalue weighted by molar-refractivity contribution is 6.29. The van der Waals surface area contributed by atoms with Crippen LogP contribution < -0.4 is 5.32 Å². The maximum atomic E-state index is 12.3. The third kappa shape index (κ3) is 2.71. The van der Waals surface area contributed by atoms with Gasteiger partial charge in [0.25, 0.3) is 11.6 Å². The van der Waals surface area contributed by atoms with E-state index in [1.165, 1.54) is 6.07 Å². The molecular weight excluding hydrogens is 296 g/mol. The van der Waals surface area contributed by atoms with E-state index < -0.39 is 10.8 Å². The molecule has 0 bridgehead atoms. The highest BCUT2D eigenvalue weighted by Gasteiger charge is 2.38. The van der Waals surface area contributed by atoms with E-state index in [1.54, 1.807) is 0 Å². The first-order valence-corrected chi connectivity index (χ1v) is 7.29. The second-order valence-electron chi connectivity index (χ2n) is 5.40. The van der Waals surface area contributed by atoms with Gasteiger partial charge in [0.1, 0.15) is 16.9 Å². The van der Waals surface area contributed by atoms with Gasteiger partial charge in [-0.15, -0.1) is 0 Å². The van der Waals surface area contributed by atoms with Gasteiger partial charge in [-0.3, -0.25) is 19.8 Å². The van der Waals surface area contributed by atoms with Crippen molar-refractivity contribution in [2.75, 3.05) is 13.1 Å². The van der Waals surface area contributed by atoms with E-state index in [9.17, 15) is 14.9 Å². The summed E-state index contributed by atoms with van der Waals surface area (Å²) >= 11 is 5.75. The van der Waals surface area contributed by atoms with Crippen LogP contribution in [0.1, 0.15) is 29.6 Å². The van der Waals surface area contributed by atoms with Crippen LogP contribution in [0.5, 0.6) is 0 Å². The summed E-state index contributed by atoms with van der Waals surface area (Å²) in [7, 11) is 0. The Morgan fingerprint density at radius 3 is 3.05 bits per heavy atom. The van der Waals surface area contributed by atoms with Crippen molar-refractivity contribution in [1.82, 2.24) is 15.2 Å². The molecule has 2 unspecified atom stereocenters. The molecule has 1 amide bonds. The van der Waals surface area contributed by atoms with Crippen molar-refractivity contribution < 1.29 is 9.72 Å². The molecule has 1 N–H and O–H groups in total. The lowest BCUT2D eigenvalue weighted by molar-refractivity contribution is -0.385. The van der Waals surface area contributed by atoms with E-state index in [4.69, 9.17) is 11.6 Å². The Morgan fingerprint density at radius 1 is 1.48 bits per heavy atom. The van der Waals surface area contributed by atoms with Crippen LogP contribution in [0, 0.1) is 10.1 Å². The largest absolute Gasteiger partial charge is 0.347 e. The zero-order chi connectivity index (χ0) is 15.0. The van der Waals surface area contributed by atoms with Crippen LogP contribution in [0.3, 0.4) is 0 Å². The summed E-state index contributed by atoms with van der Waals surface area (Å²) in [6.45, 7) is 2.03. The first kappa shape index (κ1) is 14.2. The van der Waals surface area contributed by atoms with Crippen LogP contribution in [0.2, 0.25) is 5.15 Å². The molecule has 0 radical (unpaired) electrons. The number of nitrogens with one attached hydrogen (secondary N) is 1. The van der Waals surface area contributed by atoms with E-state index in [-0.39, 0.29) is 22.4 Å². The highest BCUT2D eigenvalue weighted by atomic mass is 35.5. The van der Waals surface area contributed by atoms with Crippen molar-refractivity contribution in [2.45, 2.75) is 31.3 Å². The Balaban J connectivity index is 1.79. The van der Waals surface area contributed by atoms with Crippen LogP contribution >= 0.6 is 11.6 Å². The monoisotopic (exact) mass is 310 g/mol. The van der Waals surface area contributed by atoms with Crippen molar-refractivity contribution >= 4 is 23.2 Å². The molecule has 0 spiro atoms. The summed E-state index contributed by atoms with van der Waals surface area (Å²) in [6.07, 6.45) is 4.10. The van der Waals surface area contributed by atoms with Gasteiger partial charge in [0.2, 0.25) is 0 Å². The number of carbonyl (C=O) groups excluding carboxylic acids is 1. The Morgan fingerprint density at radius 2 is 2.29 bits per heavy atom. The predicted octanol–water partition coefficient (Wildman–Crippen LogP) is 1.61. The van der Waals surface area contributed by atoms with Crippen LogP contribution in [0.4, 0.5) is 5.69 Å². The Kier molecular flexibility index (Phi) is 3.77. The second-order valence-corrected chi connectivity index (χ2v) is 5.78. The Bertz CT molecular complexity index is 595. The normalized spacial score (nSPS) is 24.8. The molecule has 2 aliphatic heterocycles. The van der Waals surface area contributed by atoms with Gasteiger partial charge in [-0.2, -0.15) is 0 Å². The average molecular weight is 311 g/mol. The number of pyridine rings is 1. The molecule has 112 valence electrons. The zero-order valence-corrected chi connectivity index (χ0v) is 12.0. The molecule has 21 heavy (non-hydrogen) atoms. The summed E-state index contributed by atoms with van der Waals surface area (Å²) in [5, 5.41) is 14.0. The minimum Gasteiger partial charge on any atom is -0.347 e. The number of nitrogens with zero attached hydrogens (tertiary/aromatic N) is 3. The van der Waals surface area contributed by atoms with Crippen molar-refractivity contribution in [3.05, 3.63) is 33.1 Å². The summed E-state index contributed by atoms with van der Waals surface area (Å²) in [5.41, 5.74) is -0.352. The molecule has 2 aliphatic rings. The number of rotatable bonds is 3. The molecule has 0 aromatic carbocycles. The summed E-state index contributed by atoms with van der Waals surface area (Å²) in [6, 6.07) is 1.65. The third-order valence-electron chi connectivity index (χ3n) is 4.21. The number of nitro groups is 1. The standard InChI is InChI=1S/C13H15ClN4O3/c14-12-6-8(11(7-15-12)18(20)21)13(19)16-9-3-5-17-4-1-2-10(9)17/h6-7,9-10H,1-5H2,(H,16,19). The number of hydrogen-bond donors (Lipinski definition) is 1. The summed E-state index contributed by atoms with van der Waals surface area (Å²) in [4.78, 5) is 28.7. The van der Waals surface area contributed by atoms with Crippen molar-refractivity contribution in [3.8, 4) is 0 Å². The minimum absolute atomic E-state index is 0.0311. The van der Waals surface area contributed by atoms with Gasteiger partial charge in [0.15, 0.2) is 0 Å². The maximum absolute atomic E-state index is 12.3. The minimum atomic E-state index is -0.616. The Labute approximate surface area is 126 Å². The third-order valence-corrected chi connectivity index (χ3v) is 4.42. The Hall–Kier alpha value is -1.73. The molecule has 1 aromatic heterocycles. The number of aromatic nitrogens is 1. The quantitative estimate of drug-likeness (QED) is 0.520. The van der Waals surface area contributed by atoms with Gasteiger partial charge in [-0.1, -0.05) is 11.6 Å². The van der Waals surface area contributed by atoms with E-state index in [0.29, 0.717) is 6.04 Å². The summed E-state index contributed by atoms with van der Waals surface area (Å²) < 4.78 is 0. The smallest absolute Gasteiger partial charge is 0.300 e. The molecule has 8 heteroatoms. The first-order chi connectivity index (χ1) is 10.1. The van der Waals surface area contributed by atoms with Gasteiger partial charge in [-0.25, -0.2) is 4.98 Å². The SMILES string of the molecule is O=C(NC1CCN2CCCC12)c1cc(Cl)ncc1[N+](=O)[O-]. The lowest BCUT2D eigenvalue weighted by atomic mass is 10.1. The fourth-order valence-corrected chi connectivity index (χ4v) is 3.40. The lowest BCUT2D eigenvalue weighted by Crippen LogP contribution is -2.42. The second kappa shape index (κ2) is 5.57. The number of halogens is 1. The fraction of sp³-hybridized carbons (Fsp3) is 0.538. The zero-order valence-electron chi connectivity index (χ0n) is 11.3. The number of carbonyl (C=O) groups is 1. The molecule has 2 atom stereocenters. The molecule has 2 fully saturated rings. The topological polar surface area (TPSA) is 88.4 Å². The van der Waals surface area contributed by atoms with Gasteiger partial charge >= 0.3 is 0 Å². The molecular formula is C13H15ClN4O3. The maximum Gasteiger partial charge on any atom is 0.300 e. The molecule has 0 aliphatic carbocycles. The molecule has 0 saturated carbocycles. The number of fused-ring (bicyclic) bond motifs is 1. The van der Waals surface area contributed by atoms with Gasteiger partial charge in [0, 0.05) is 18.6 Å². The lowest BCUT2D eigenvalue weighted by Gasteiger charge is -2.21. The van der Waals surface area contributed by atoms with Gasteiger partial charge in [-0.05, 0) is 31.9 Å². The van der Waals surface area contributed by atoms with Crippen molar-refractivity contribution in [2.24, 2.45) is 0 Å². The van der Waals surface area contributed by atoms with E-state index >= 15 is 0 Å². The van der Waals surface area contributed by atoms with Gasteiger partial charge in [0.05, 0.1) is 4.92 Å². The first-order valence-electron chi connectivity index (χ1n) is 6.91. The number of hydrogen-bond acceptors (Lipinski definition) is 5. The van der Waals surface area contributed by atoms with Crippen LogP contribution in [-0.4, -0.2) is 45.9 Å². The van der Waals surface area contributed by atoms with Gasteiger partial charge < -0.3 is 5.32 Å². The average Bonchev–Trinajstić information content (AvgIpc) is 3.03. The number of amides is 1. The molecule has 3 rings (SSSR count). The van der Waals surface area contributed by atoms with E-state index in [1.807, 2.05) is 0 Å². The van der Waals surface area contributed by atoms with Crippen molar-refractivity contribution in [3.63, 3.8) is 0 Å². The predicted molar refractivity (Wildman–Crippen MR) is 76.4 cm³/mol. The molecule has 7 nitrogen and oxygen atoms in total. The fourth-order valence-electron chi connectivity index (χ4n) is 3.25. The van der Waals surface area contributed by atoms with Crippen LogP contribution in [0.15, 0.2) is 12.3 Å². The summed E-state index contributed by atoms with van der Waals surface area (Å²) in [5.74, 6) is -0.454. The highest BCUT2D eigenvalue weighted by Crippen LogP contribution is 2.28. The molecule has 1 aromatic rings.